The van der Waals surface area contributed by atoms with E-state index in [1.54, 1.807) is 7.11 Å². The summed E-state index contributed by atoms with van der Waals surface area (Å²) >= 11 is 0. The van der Waals surface area contributed by atoms with E-state index in [4.69, 9.17) is 14.2 Å². The van der Waals surface area contributed by atoms with Crippen LogP contribution in [0.4, 0.5) is 0 Å². The van der Waals surface area contributed by atoms with E-state index in [-0.39, 0.29) is 18.1 Å². The maximum Gasteiger partial charge on any atom is 0.248 e. The minimum absolute atomic E-state index is 0.0394. The van der Waals surface area contributed by atoms with Gasteiger partial charge in [-0.25, -0.2) is 0 Å². The van der Waals surface area contributed by atoms with Crippen LogP contribution in [-0.4, -0.2) is 86.9 Å². The van der Waals surface area contributed by atoms with Crippen molar-refractivity contribution in [3.63, 3.8) is 0 Å². The molecule has 0 N–H and O–H groups in total. The third-order valence-corrected chi connectivity index (χ3v) is 6.20. The van der Waals surface area contributed by atoms with Crippen LogP contribution in [0.5, 0.6) is 0 Å². The van der Waals surface area contributed by atoms with Crippen molar-refractivity contribution in [2.45, 2.75) is 50.5 Å². The predicted molar refractivity (Wildman–Crippen MR) is 100 cm³/mol. The molecule has 1 unspecified atom stereocenters. The molecule has 2 amide bonds. The van der Waals surface area contributed by atoms with Gasteiger partial charge in [-0.3, -0.25) is 9.59 Å². The number of likely N-dealkylation sites (tertiary alicyclic amines) is 2. The van der Waals surface area contributed by atoms with Gasteiger partial charge in [0.1, 0.15) is 6.61 Å². The van der Waals surface area contributed by atoms with Gasteiger partial charge in [-0.1, -0.05) is 0 Å². The molecule has 154 valence electrons. The van der Waals surface area contributed by atoms with Crippen LogP contribution in [-0.2, 0) is 23.8 Å². The largest absolute Gasteiger partial charge is 0.382 e. The Hall–Kier alpha value is -1.18. The Labute approximate surface area is 162 Å². The van der Waals surface area contributed by atoms with Crippen LogP contribution in [0, 0.1) is 5.92 Å². The Morgan fingerprint density at radius 1 is 1.04 bits per heavy atom. The Kier molecular flexibility index (Phi) is 7.49. The molecule has 0 aromatic rings. The van der Waals surface area contributed by atoms with Crippen LogP contribution in [0.1, 0.15) is 44.9 Å². The first-order valence-electron chi connectivity index (χ1n) is 10.4. The number of hydrogen-bond acceptors (Lipinski definition) is 5. The molecule has 3 rings (SSSR count). The minimum atomic E-state index is -0.151. The second kappa shape index (κ2) is 9.85. The van der Waals surface area contributed by atoms with E-state index in [2.05, 4.69) is 0 Å². The molecule has 3 fully saturated rings. The molecule has 0 bridgehead atoms. The molecule has 0 aliphatic carbocycles. The number of carbonyl (C=O) groups excluding carboxylic acids is 2. The van der Waals surface area contributed by atoms with Gasteiger partial charge >= 0.3 is 0 Å². The first-order chi connectivity index (χ1) is 13.1. The first kappa shape index (κ1) is 20.6. The number of piperidine rings is 1. The van der Waals surface area contributed by atoms with E-state index >= 15 is 0 Å². The fourth-order valence-corrected chi connectivity index (χ4v) is 4.55. The normalized spacial score (nSPS) is 25.1. The summed E-state index contributed by atoms with van der Waals surface area (Å²) in [5.41, 5.74) is -0.151. The quantitative estimate of drug-likeness (QED) is 0.624. The molecule has 27 heavy (non-hydrogen) atoms. The molecule has 3 aliphatic heterocycles. The summed E-state index contributed by atoms with van der Waals surface area (Å²) in [6, 6.07) is 0. The summed E-state index contributed by atoms with van der Waals surface area (Å²) in [5, 5.41) is 0. The van der Waals surface area contributed by atoms with Crippen LogP contribution in [0.25, 0.3) is 0 Å². The van der Waals surface area contributed by atoms with Crippen LogP contribution in [0.2, 0.25) is 0 Å². The van der Waals surface area contributed by atoms with E-state index in [0.29, 0.717) is 44.5 Å². The molecule has 3 saturated heterocycles. The second-order valence-corrected chi connectivity index (χ2v) is 8.11. The standard InChI is InChI=1S/C20H34N2O5/c1-25-12-13-26-16-19(24)22-9-5-20(6-10-22)15-17(4-11-27-20)14-18(23)21-7-2-3-8-21/h17H,2-16H2,1H3. The van der Waals surface area contributed by atoms with Crippen LogP contribution < -0.4 is 0 Å². The monoisotopic (exact) mass is 382 g/mol. The molecule has 7 heteroatoms. The predicted octanol–water partition coefficient (Wildman–Crippen LogP) is 1.45. The number of methoxy groups -OCH3 is 1. The first-order valence-corrected chi connectivity index (χ1v) is 10.4. The summed E-state index contributed by atoms with van der Waals surface area (Å²) in [6.07, 6.45) is 6.55. The lowest BCUT2D eigenvalue weighted by Gasteiger charge is -2.46. The average Bonchev–Trinajstić information content (AvgIpc) is 3.21. The Bertz CT molecular complexity index is 499. The molecule has 7 nitrogen and oxygen atoms in total. The number of nitrogens with zero attached hydrogens (tertiary/aromatic N) is 2. The SMILES string of the molecule is COCCOCC(=O)N1CCC2(CC1)CC(CC(=O)N1CCCC1)CCO2. The zero-order chi connectivity index (χ0) is 19.1. The average molecular weight is 383 g/mol. The van der Waals surface area contributed by atoms with Gasteiger partial charge in [0.15, 0.2) is 0 Å². The molecule has 0 aromatic heterocycles. The molecule has 1 spiro atoms. The lowest BCUT2D eigenvalue weighted by atomic mass is 9.78. The maximum absolute atomic E-state index is 12.5. The van der Waals surface area contributed by atoms with E-state index in [0.717, 1.165) is 58.2 Å². The van der Waals surface area contributed by atoms with E-state index in [1.807, 2.05) is 9.80 Å². The summed E-state index contributed by atoms with van der Waals surface area (Å²) in [6.45, 7) is 5.06. The number of ether oxygens (including phenoxy) is 3. The number of rotatable bonds is 7. The van der Waals surface area contributed by atoms with Crippen molar-refractivity contribution in [2.24, 2.45) is 5.92 Å². The zero-order valence-electron chi connectivity index (χ0n) is 16.6. The Balaban J connectivity index is 1.42. The van der Waals surface area contributed by atoms with Crippen molar-refractivity contribution in [3.05, 3.63) is 0 Å². The van der Waals surface area contributed by atoms with Crippen molar-refractivity contribution in [2.75, 3.05) is 59.7 Å². The summed E-state index contributed by atoms with van der Waals surface area (Å²) in [4.78, 5) is 28.6. The van der Waals surface area contributed by atoms with Crippen molar-refractivity contribution in [1.82, 2.24) is 9.80 Å². The maximum atomic E-state index is 12.5. The molecule has 1 atom stereocenters. The molecule has 0 radical (unpaired) electrons. The summed E-state index contributed by atoms with van der Waals surface area (Å²) in [5.74, 6) is 0.763. The van der Waals surface area contributed by atoms with Gasteiger partial charge in [0, 0.05) is 46.3 Å². The summed E-state index contributed by atoms with van der Waals surface area (Å²) in [7, 11) is 1.62. The van der Waals surface area contributed by atoms with Gasteiger partial charge in [0.2, 0.25) is 11.8 Å². The highest BCUT2D eigenvalue weighted by Gasteiger charge is 2.41. The zero-order valence-corrected chi connectivity index (χ0v) is 16.6. The molecule has 0 saturated carbocycles. The fourth-order valence-electron chi connectivity index (χ4n) is 4.55. The minimum Gasteiger partial charge on any atom is -0.382 e. The molecular weight excluding hydrogens is 348 g/mol. The Morgan fingerprint density at radius 2 is 1.74 bits per heavy atom. The number of amides is 2. The lowest BCUT2D eigenvalue weighted by molar-refractivity contribution is -0.152. The van der Waals surface area contributed by atoms with Gasteiger partial charge in [-0.05, 0) is 44.4 Å². The highest BCUT2D eigenvalue weighted by Crippen LogP contribution is 2.39. The molecule has 3 aliphatic rings. The third-order valence-electron chi connectivity index (χ3n) is 6.20. The number of carbonyl (C=O) groups is 2. The van der Waals surface area contributed by atoms with Gasteiger partial charge in [-0.15, -0.1) is 0 Å². The van der Waals surface area contributed by atoms with Crippen LogP contribution in [0.3, 0.4) is 0 Å². The van der Waals surface area contributed by atoms with E-state index < -0.39 is 0 Å². The fraction of sp³-hybridized carbons (Fsp3) is 0.900. The van der Waals surface area contributed by atoms with Crippen LogP contribution >= 0.6 is 0 Å². The molecule has 0 aromatic carbocycles. The van der Waals surface area contributed by atoms with Crippen LogP contribution in [0.15, 0.2) is 0 Å². The third kappa shape index (κ3) is 5.65. The highest BCUT2D eigenvalue weighted by molar-refractivity contribution is 5.77. The van der Waals surface area contributed by atoms with Gasteiger partial charge < -0.3 is 24.0 Å². The second-order valence-electron chi connectivity index (χ2n) is 8.11. The van der Waals surface area contributed by atoms with Crippen molar-refractivity contribution in [3.8, 4) is 0 Å². The smallest absolute Gasteiger partial charge is 0.248 e. The van der Waals surface area contributed by atoms with E-state index in [9.17, 15) is 9.59 Å². The molecular formula is C20H34N2O5. The highest BCUT2D eigenvalue weighted by atomic mass is 16.5. The van der Waals surface area contributed by atoms with Crippen molar-refractivity contribution >= 4 is 11.8 Å². The lowest BCUT2D eigenvalue weighted by Crippen LogP contribution is -2.51. The summed E-state index contributed by atoms with van der Waals surface area (Å²) < 4.78 is 16.4. The van der Waals surface area contributed by atoms with E-state index in [1.165, 1.54) is 0 Å². The van der Waals surface area contributed by atoms with Gasteiger partial charge in [0.25, 0.3) is 0 Å². The van der Waals surface area contributed by atoms with Crippen molar-refractivity contribution in [1.29, 1.82) is 0 Å². The molecule has 3 heterocycles. The van der Waals surface area contributed by atoms with Gasteiger partial charge in [-0.2, -0.15) is 0 Å². The number of hydrogen-bond donors (Lipinski definition) is 0. The Morgan fingerprint density at radius 3 is 2.44 bits per heavy atom. The topological polar surface area (TPSA) is 68.3 Å². The van der Waals surface area contributed by atoms with Crippen molar-refractivity contribution < 1.29 is 23.8 Å². The van der Waals surface area contributed by atoms with Gasteiger partial charge in [0.05, 0.1) is 18.8 Å².